The van der Waals surface area contributed by atoms with Crippen molar-refractivity contribution >= 4 is 19.8 Å². The number of carbonyl (C=O) groups excluding carboxylic acids is 2. The highest BCUT2D eigenvalue weighted by Gasteiger charge is 2.26. The number of unbranched alkanes of at least 4 members (excludes halogenated alkanes) is 11. The summed E-state index contributed by atoms with van der Waals surface area (Å²) >= 11 is 0. The molecule has 2 unspecified atom stereocenters. The second kappa shape index (κ2) is 54.2. The monoisotopic (exact) mass is 990 g/mol. The molecule has 0 heterocycles. The molecule has 0 rings (SSSR count). The van der Waals surface area contributed by atoms with Gasteiger partial charge in [-0.25, -0.2) is 4.57 Å². The van der Waals surface area contributed by atoms with Crippen LogP contribution in [0.2, 0.25) is 0 Å². The fourth-order valence-electron chi connectivity index (χ4n) is 6.56. The maximum absolute atomic E-state index is 12.6. The summed E-state index contributed by atoms with van der Waals surface area (Å²) in [7, 11) is -4.40. The number of hydrogen-bond acceptors (Lipinski definition) is 8. The molecular formula is C60H96NO8P. The molecule has 0 aromatic rings. The number of carbonyl (C=O) groups is 2. The lowest BCUT2D eigenvalue weighted by molar-refractivity contribution is -0.161. The SMILES string of the molecule is CC/C=C\C/C=C\C/C=C\C/C=C\C/C=C\C/C=C\C/C=C\C/C=C\C/C=C\C/C=C\C/C=C\C/C=C\CCCCC(=O)OC(COC(=O)CCCCCCCCCCCC)COP(=O)(O)OCCN. The maximum atomic E-state index is 12.6. The summed E-state index contributed by atoms with van der Waals surface area (Å²) in [5.74, 6) is -0.893. The maximum Gasteiger partial charge on any atom is 0.472 e. The van der Waals surface area contributed by atoms with Gasteiger partial charge in [0.2, 0.25) is 0 Å². The first-order valence-corrected chi connectivity index (χ1v) is 28.3. The molecule has 0 aromatic carbocycles. The van der Waals surface area contributed by atoms with Gasteiger partial charge in [0.1, 0.15) is 6.61 Å². The number of phosphoric ester groups is 1. The molecule has 0 spiro atoms. The van der Waals surface area contributed by atoms with E-state index < -0.39 is 32.5 Å². The van der Waals surface area contributed by atoms with E-state index in [9.17, 15) is 19.0 Å². The number of ether oxygens (including phenoxy) is 2. The molecule has 394 valence electrons. The number of allylic oxidation sites excluding steroid dienone is 24. The van der Waals surface area contributed by atoms with Crippen LogP contribution in [0.15, 0.2) is 146 Å². The third-order valence-electron chi connectivity index (χ3n) is 10.5. The van der Waals surface area contributed by atoms with Crippen molar-refractivity contribution < 1.29 is 37.6 Å². The summed E-state index contributed by atoms with van der Waals surface area (Å²) in [5.41, 5.74) is 5.35. The van der Waals surface area contributed by atoms with Crippen molar-refractivity contribution in [2.24, 2.45) is 5.73 Å². The van der Waals surface area contributed by atoms with Gasteiger partial charge >= 0.3 is 19.8 Å². The Kier molecular flexibility index (Phi) is 51.0. The van der Waals surface area contributed by atoms with Gasteiger partial charge in [-0.2, -0.15) is 0 Å². The van der Waals surface area contributed by atoms with Crippen LogP contribution in [-0.4, -0.2) is 49.3 Å². The lowest BCUT2D eigenvalue weighted by atomic mass is 10.1. The van der Waals surface area contributed by atoms with E-state index in [1.807, 2.05) is 0 Å². The fourth-order valence-corrected chi connectivity index (χ4v) is 7.32. The van der Waals surface area contributed by atoms with Crippen molar-refractivity contribution in [1.29, 1.82) is 0 Å². The molecule has 0 saturated carbocycles. The predicted octanol–water partition coefficient (Wildman–Crippen LogP) is 16.8. The fraction of sp³-hybridized carbons (Fsp3) is 0.567. The van der Waals surface area contributed by atoms with Gasteiger partial charge in [-0.15, -0.1) is 0 Å². The van der Waals surface area contributed by atoms with E-state index >= 15 is 0 Å². The van der Waals surface area contributed by atoms with E-state index in [4.69, 9.17) is 24.3 Å². The molecule has 9 nitrogen and oxygen atoms in total. The minimum absolute atomic E-state index is 0.0395. The van der Waals surface area contributed by atoms with E-state index in [0.29, 0.717) is 6.42 Å². The van der Waals surface area contributed by atoms with Crippen molar-refractivity contribution in [1.82, 2.24) is 0 Å². The van der Waals surface area contributed by atoms with Crippen LogP contribution in [0.25, 0.3) is 0 Å². The molecule has 0 aromatic heterocycles. The molecule has 0 saturated heterocycles. The molecule has 0 amide bonds. The molecular weight excluding hydrogens is 894 g/mol. The van der Waals surface area contributed by atoms with Crippen LogP contribution in [-0.2, 0) is 32.7 Å². The van der Waals surface area contributed by atoms with Gasteiger partial charge in [0.25, 0.3) is 0 Å². The Morgan fingerprint density at radius 1 is 0.443 bits per heavy atom. The summed E-state index contributed by atoms with van der Waals surface area (Å²) in [5, 5.41) is 0. The minimum Gasteiger partial charge on any atom is -0.462 e. The molecule has 70 heavy (non-hydrogen) atoms. The van der Waals surface area contributed by atoms with E-state index in [-0.39, 0.29) is 32.6 Å². The molecule has 0 fully saturated rings. The van der Waals surface area contributed by atoms with Gasteiger partial charge in [-0.1, -0.05) is 217 Å². The molecule has 2 atom stereocenters. The molecule has 0 aliphatic heterocycles. The van der Waals surface area contributed by atoms with Crippen molar-refractivity contribution in [3.63, 3.8) is 0 Å². The summed E-state index contributed by atoms with van der Waals surface area (Å²) in [4.78, 5) is 34.9. The predicted molar refractivity (Wildman–Crippen MR) is 297 cm³/mol. The molecule has 0 aliphatic carbocycles. The van der Waals surface area contributed by atoms with Crippen LogP contribution in [0.5, 0.6) is 0 Å². The second-order valence-corrected chi connectivity index (χ2v) is 18.5. The van der Waals surface area contributed by atoms with Crippen molar-refractivity contribution in [2.75, 3.05) is 26.4 Å². The molecule has 0 radical (unpaired) electrons. The van der Waals surface area contributed by atoms with Crippen LogP contribution in [0.4, 0.5) is 0 Å². The van der Waals surface area contributed by atoms with E-state index in [1.165, 1.54) is 44.9 Å². The van der Waals surface area contributed by atoms with Gasteiger partial charge in [0.15, 0.2) is 6.10 Å². The number of hydrogen-bond donors (Lipinski definition) is 2. The minimum atomic E-state index is -4.40. The number of esters is 2. The molecule has 10 heteroatoms. The summed E-state index contributed by atoms with van der Waals surface area (Å²) < 4.78 is 32.8. The molecule has 0 bridgehead atoms. The Labute approximate surface area is 426 Å². The average Bonchev–Trinajstić information content (AvgIpc) is 3.35. The third kappa shape index (κ3) is 53.2. The Bertz CT molecular complexity index is 1650. The Morgan fingerprint density at radius 3 is 1.17 bits per heavy atom. The Hall–Kier alpha value is -4.11. The largest absolute Gasteiger partial charge is 0.472 e. The third-order valence-corrected chi connectivity index (χ3v) is 11.5. The van der Waals surface area contributed by atoms with Gasteiger partial charge < -0.3 is 20.1 Å². The van der Waals surface area contributed by atoms with E-state index in [2.05, 4.69) is 160 Å². The van der Waals surface area contributed by atoms with Crippen LogP contribution < -0.4 is 5.73 Å². The van der Waals surface area contributed by atoms with Crippen LogP contribution >= 0.6 is 7.82 Å². The van der Waals surface area contributed by atoms with Crippen molar-refractivity contribution in [2.45, 2.75) is 193 Å². The highest BCUT2D eigenvalue weighted by atomic mass is 31.2. The Balaban J connectivity index is 4.09. The summed E-state index contributed by atoms with van der Waals surface area (Å²) in [6, 6.07) is 0. The van der Waals surface area contributed by atoms with E-state index in [1.54, 1.807) is 0 Å². The lowest BCUT2D eigenvalue weighted by Crippen LogP contribution is -2.29. The summed E-state index contributed by atoms with van der Waals surface area (Å²) in [6.07, 6.45) is 77.7. The first-order valence-electron chi connectivity index (χ1n) is 26.8. The van der Waals surface area contributed by atoms with Gasteiger partial charge in [-0.05, 0) is 103 Å². The highest BCUT2D eigenvalue weighted by Crippen LogP contribution is 2.43. The smallest absolute Gasteiger partial charge is 0.462 e. The Morgan fingerprint density at radius 2 is 0.786 bits per heavy atom. The van der Waals surface area contributed by atoms with Gasteiger partial charge in [-0.3, -0.25) is 18.6 Å². The normalized spacial score (nSPS) is 14.3. The first-order chi connectivity index (χ1) is 34.3. The zero-order valence-corrected chi connectivity index (χ0v) is 44.6. The average molecular weight is 990 g/mol. The lowest BCUT2D eigenvalue weighted by Gasteiger charge is -2.19. The van der Waals surface area contributed by atoms with Crippen molar-refractivity contribution in [3.05, 3.63) is 146 Å². The first kappa shape index (κ1) is 65.9. The molecule has 3 N–H and O–H groups in total. The quantitative estimate of drug-likeness (QED) is 0.0264. The topological polar surface area (TPSA) is 134 Å². The summed E-state index contributed by atoms with van der Waals surface area (Å²) in [6.45, 7) is 3.52. The molecule has 0 aliphatic rings. The van der Waals surface area contributed by atoms with Crippen molar-refractivity contribution in [3.8, 4) is 0 Å². The van der Waals surface area contributed by atoms with Crippen LogP contribution in [0.3, 0.4) is 0 Å². The highest BCUT2D eigenvalue weighted by molar-refractivity contribution is 7.47. The van der Waals surface area contributed by atoms with Crippen LogP contribution in [0.1, 0.15) is 187 Å². The number of rotatable bonds is 48. The zero-order chi connectivity index (χ0) is 51.0. The van der Waals surface area contributed by atoms with Crippen LogP contribution in [0, 0.1) is 0 Å². The van der Waals surface area contributed by atoms with Gasteiger partial charge in [0.05, 0.1) is 13.2 Å². The van der Waals surface area contributed by atoms with Gasteiger partial charge in [0, 0.05) is 19.4 Å². The zero-order valence-electron chi connectivity index (χ0n) is 43.7. The number of nitrogens with two attached hydrogens (primary N) is 1. The second-order valence-electron chi connectivity index (χ2n) is 17.0. The van der Waals surface area contributed by atoms with E-state index in [0.717, 1.165) is 109 Å². The standard InChI is InChI=1S/C60H96NO8P/c1-3-5-7-9-11-13-15-16-17-18-19-20-21-22-23-24-25-26-27-28-29-30-31-32-33-34-35-36-37-38-39-40-41-42-43-45-47-49-51-53-60(63)69-58(57-68-70(64,65)67-55-54-61)56-66-59(62)52-50-48-46-44-14-12-10-8-6-4-2/h5,7,11,13,16-17,19-20,22-23,25-26,28-29,31-32,34-35,37-38,40-41,43,45,58H,3-4,6,8-10,12,14-15,18,21,24,27,30,33,36,39,42,44,46-57,61H2,1-2H3,(H,64,65)/b7-5-,13-11-,17-16-,20-19-,23-22-,26-25-,29-28-,32-31-,35-34-,38-37-,41-40-,45-43-. The number of phosphoric acid groups is 1.